The Morgan fingerprint density at radius 3 is 2.67 bits per heavy atom. The second-order valence-corrected chi connectivity index (χ2v) is 6.43. The van der Waals surface area contributed by atoms with Gasteiger partial charge in [0.05, 0.1) is 15.7 Å². The van der Waals surface area contributed by atoms with Gasteiger partial charge in [-0.1, -0.05) is 0 Å². The van der Waals surface area contributed by atoms with Crippen LogP contribution in [0.15, 0.2) is 59.0 Å². The van der Waals surface area contributed by atoms with Gasteiger partial charge in [-0.05, 0) is 36.4 Å². The van der Waals surface area contributed by atoms with Gasteiger partial charge in [-0.25, -0.2) is 14.4 Å². The normalized spacial score (nSPS) is 10.7. The van der Waals surface area contributed by atoms with E-state index in [2.05, 4.69) is 20.6 Å². The van der Waals surface area contributed by atoms with Gasteiger partial charge < -0.3 is 15.1 Å². The van der Waals surface area contributed by atoms with Crippen LogP contribution in [0.3, 0.4) is 0 Å². The van der Waals surface area contributed by atoms with Crippen LogP contribution in [0.1, 0.15) is 20.8 Å². The summed E-state index contributed by atoms with van der Waals surface area (Å²) in [4.78, 5) is 32.4. The number of carbonyl (C=O) groups excluding carboxylic acids is 2. The minimum absolute atomic E-state index is 0.0446. The van der Waals surface area contributed by atoms with Gasteiger partial charge in [0.25, 0.3) is 11.8 Å². The number of fused-ring (bicyclic) bond motifs is 1. The van der Waals surface area contributed by atoms with Crippen molar-refractivity contribution in [1.82, 2.24) is 9.97 Å². The van der Waals surface area contributed by atoms with Crippen molar-refractivity contribution >= 4 is 44.7 Å². The molecule has 0 radical (unpaired) electrons. The lowest BCUT2D eigenvalue weighted by Gasteiger charge is -2.08. The molecule has 2 amide bonds. The SMILES string of the molecule is O=C(Nc1ccc2ncsc2c1)c1cc(F)cc(NC(=O)c2cocn2)c1. The number of hydrogen-bond donors (Lipinski definition) is 2. The Morgan fingerprint density at radius 2 is 1.85 bits per heavy atom. The molecule has 7 nitrogen and oxygen atoms in total. The molecule has 0 atom stereocenters. The van der Waals surface area contributed by atoms with Crippen LogP contribution < -0.4 is 10.6 Å². The lowest BCUT2D eigenvalue weighted by atomic mass is 10.1. The highest BCUT2D eigenvalue weighted by molar-refractivity contribution is 7.16. The number of aromatic nitrogens is 2. The largest absolute Gasteiger partial charge is 0.451 e. The Hall–Kier alpha value is -3.59. The highest BCUT2D eigenvalue weighted by Crippen LogP contribution is 2.23. The number of nitrogens with one attached hydrogen (secondary N) is 2. The molecule has 2 aromatic heterocycles. The number of nitrogens with zero attached hydrogens (tertiary/aromatic N) is 2. The quantitative estimate of drug-likeness (QED) is 0.557. The van der Waals surface area contributed by atoms with Gasteiger partial charge in [-0.2, -0.15) is 0 Å². The number of thiazole rings is 1. The molecule has 0 fully saturated rings. The maximum atomic E-state index is 13.9. The first-order valence-corrected chi connectivity index (χ1v) is 8.61. The van der Waals surface area contributed by atoms with Crippen LogP contribution in [0, 0.1) is 5.82 Å². The summed E-state index contributed by atoms with van der Waals surface area (Å²) in [6.45, 7) is 0. The van der Waals surface area contributed by atoms with Crippen LogP contribution in [0.25, 0.3) is 10.2 Å². The molecule has 2 N–H and O–H groups in total. The molecule has 0 aliphatic heterocycles. The standard InChI is InChI=1S/C18H11FN4O3S/c19-11-3-10(4-13(5-11)23-18(25)15-7-26-8-20-15)17(24)22-12-1-2-14-16(6-12)27-9-21-14/h1-9H,(H,22,24)(H,23,25). The van der Waals surface area contributed by atoms with Crippen molar-refractivity contribution in [1.29, 1.82) is 0 Å². The highest BCUT2D eigenvalue weighted by atomic mass is 32.1. The van der Waals surface area contributed by atoms with E-state index in [1.54, 1.807) is 23.7 Å². The number of anilines is 2. The Morgan fingerprint density at radius 1 is 1.00 bits per heavy atom. The molecule has 0 aliphatic carbocycles. The van der Waals surface area contributed by atoms with Gasteiger partial charge in [-0.15, -0.1) is 11.3 Å². The van der Waals surface area contributed by atoms with E-state index in [9.17, 15) is 14.0 Å². The first-order chi connectivity index (χ1) is 13.1. The smallest absolute Gasteiger partial charge is 0.277 e. The van der Waals surface area contributed by atoms with Crippen LogP contribution in [0.5, 0.6) is 0 Å². The van der Waals surface area contributed by atoms with E-state index in [1.807, 2.05) is 0 Å². The summed E-state index contributed by atoms with van der Waals surface area (Å²) >= 11 is 1.45. The van der Waals surface area contributed by atoms with E-state index >= 15 is 0 Å². The number of amides is 2. The monoisotopic (exact) mass is 382 g/mol. The third kappa shape index (κ3) is 3.67. The minimum Gasteiger partial charge on any atom is -0.451 e. The van der Waals surface area contributed by atoms with Crippen molar-refractivity contribution in [3.63, 3.8) is 0 Å². The summed E-state index contributed by atoms with van der Waals surface area (Å²) in [5.41, 5.74) is 3.35. The van der Waals surface area contributed by atoms with Crippen LogP contribution >= 0.6 is 11.3 Å². The van der Waals surface area contributed by atoms with Crippen LogP contribution in [0.2, 0.25) is 0 Å². The molecule has 4 rings (SSSR count). The Labute approximate surface area is 155 Å². The molecule has 9 heteroatoms. The molecule has 0 saturated heterocycles. The van der Waals surface area contributed by atoms with E-state index in [1.165, 1.54) is 17.4 Å². The van der Waals surface area contributed by atoms with E-state index < -0.39 is 17.6 Å². The van der Waals surface area contributed by atoms with Crippen LogP contribution in [-0.4, -0.2) is 21.8 Å². The molecule has 0 saturated carbocycles. The maximum absolute atomic E-state index is 13.9. The van der Waals surface area contributed by atoms with Crippen LogP contribution in [-0.2, 0) is 0 Å². The summed E-state index contributed by atoms with van der Waals surface area (Å²) in [7, 11) is 0. The van der Waals surface area contributed by atoms with Crippen molar-refractivity contribution < 1.29 is 18.4 Å². The van der Waals surface area contributed by atoms with E-state index in [0.29, 0.717) is 5.69 Å². The third-order valence-electron chi connectivity index (χ3n) is 3.67. The van der Waals surface area contributed by atoms with Gasteiger partial charge in [0.2, 0.25) is 0 Å². The molecule has 2 heterocycles. The third-order valence-corrected chi connectivity index (χ3v) is 4.46. The molecule has 134 valence electrons. The minimum atomic E-state index is -0.656. The average molecular weight is 382 g/mol. The molecule has 4 aromatic rings. The first kappa shape index (κ1) is 16.9. The number of oxazole rings is 1. The lowest BCUT2D eigenvalue weighted by Crippen LogP contribution is -2.15. The Balaban J connectivity index is 1.54. The zero-order valence-electron chi connectivity index (χ0n) is 13.6. The lowest BCUT2D eigenvalue weighted by molar-refractivity contribution is 0.101. The number of halogens is 1. The molecule has 0 bridgehead atoms. The first-order valence-electron chi connectivity index (χ1n) is 7.73. The predicted molar refractivity (Wildman–Crippen MR) is 98.4 cm³/mol. The van der Waals surface area contributed by atoms with E-state index in [-0.39, 0.29) is 16.9 Å². The molecule has 0 spiro atoms. The summed E-state index contributed by atoms with van der Waals surface area (Å²) in [6, 6.07) is 8.87. The predicted octanol–water partition coefficient (Wildman–Crippen LogP) is 3.93. The van der Waals surface area contributed by atoms with Crippen molar-refractivity contribution in [3.05, 3.63) is 71.6 Å². The van der Waals surface area contributed by atoms with E-state index in [4.69, 9.17) is 4.42 Å². The average Bonchev–Trinajstić information content (AvgIpc) is 3.32. The van der Waals surface area contributed by atoms with Crippen molar-refractivity contribution in [2.75, 3.05) is 10.6 Å². The Bertz CT molecular complexity index is 1140. The number of benzene rings is 2. The fourth-order valence-corrected chi connectivity index (χ4v) is 3.17. The van der Waals surface area contributed by atoms with Gasteiger partial charge in [0, 0.05) is 16.9 Å². The van der Waals surface area contributed by atoms with Gasteiger partial charge in [0.1, 0.15) is 12.1 Å². The summed E-state index contributed by atoms with van der Waals surface area (Å²) in [5.74, 6) is -1.73. The fraction of sp³-hybridized carbons (Fsp3) is 0. The molecular weight excluding hydrogens is 371 g/mol. The molecule has 0 unspecified atom stereocenters. The summed E-state index contributed by atoms with van der Waals surface area (Å²) in [5, 5.41) is 5.19. The van der Waals surface area contributed by atoms with Crippen LogP contribution in [0.4, 0.5) is 15.8 Å². The second kappa shape index (κ2) is 6.96. The van der Waals surface area contributed by atoms with Crippen molar-refractivity contribution in [2.45, 2.75) is 0 Å². The zero-order chi connectivity index (χ0) is 18.8. The van der Waals surface area contributed by atoms with Gasteiger partial charge in [0.15, 0.2) is 12.1 Å². The second-order valence-electron chi connectivity index (χ2n) is 5.55. The maximum Gasteiger partial charge on any atom is 0.277 e. The van der Waals surface area contributed by atoms with E-state index in [0.717, 1.165) is 35.0 Å². The molecule has 2 aromatic carbocycles. The zero-order valence-corrected chi connectivity index (χ0v) is 14.4. The van der Waals surface area contributed by atoms with Crippen molar-refractivity contribution in [3.8, 4) is 0 Å². The number of carbonyl (C=O) groups is 2. The number of rotatable bonds is 4. The number of hydrogen-bond acceptors (Lipinski definition) is 6. The molecule has 0 aliphatic rings. The van der Waals surface area contributed by atoms with Gasteiger partial charge >= 0.3 is 0 Å². The summed E-state index contributed by atoms with van der Waals surface area (Å²) in [6.07, 6.45) is 2.27. The molecular formula is C18H11FN4O3S. The summed E-state index contributed by atoms with van der Waals surface area (Å²) < 4.78 is 19.6. The Kier molecular flexibility index (Phi) is 4.35. The van der Waals surface area contributed by atoms with Gasteiger partial charge in [-0.3, -0.25) is 9.59 Å². The fourth-order valence-electron chi connectivity index (χ4n) is 2.45. The highest BCUT2D eigenvalue weighted by Gasteiger charge is 2.14. The molecule has 27 heavy (non-hydrogen) atoms. The topological polar surface area (TPSA) is 97.1 Å². The van der Waals surface area contributed by atoms with Crippen molar-refractivity contribution in [2.24, 2.45) is 0 Å².